The Balaban J connectivity index is 1.61. The Bertz CT molecular complexity index is 1010. The van der Waals surface area contributed by atoms with E-state index in [1.807, 2.05) is 19.9 Å². The van der Waals surface area contributed by atoms with Crippen molar-refractivity contribution in [1.82, 2.24) is 9.97 Å². The average Bonchev–Trinajstić information content (AvgIpc) is 2.62. The highest BCUT2D eigenvalue weighted by atomic mass is 35.5. The van der Waals surface area contributed by atoms with E-state index >= 15 is 0 Å². The zero-order valence-corrected chi connectivity index (χ0v) is 16.8. The van der Waals surface area contributed by atoms with E-state index in [1.54, 1.807) is 48.5 Å². The molecule has 0 aliphatic heterocycles. The molecule has 1 aromatic heterocycles. The van der Waals surface area contributed by atoms with Gasteiger partial charge in [-0.2, -0.15) is 0 Å². The van der Waals surface area contributed by atoms with Gasteiger partial charge in [0, 0.05) is 33.2 Å². The second kappa shape index (κ2) is 8.87. The van der Waals surface area contributed by atoms with E-state index in [2.05, 4.69) is 15.3 Å². The standard InChI is InChI=1S/C21H17Cl2N3O2/c1-13-11-14(2)25-21(24-13)28-18-8-6-17(7-9-18)26-20(27)10-4-15-3-5-16(22)12-19(15)23/h3-12H,1-2H3,(H,26,27)/b10-4+. The van der Waals surface area contributed by atoms with Gasteiger partial charge in [-0.3, -0.25) is 4.79 Å². The number of carbonyl (C=O) groups excluding carboxylic acids is 1. The number of rotatable bonds is 5. The lowest BCUT2D eigenvalue weighted by molar-refractivity contribution is -0.111. The molecular formula is C21H17Cl2N3O2. The largest absolute Gasteiger partial charge is 0.424 e. The van der Waals surface area contributed by atoms with E-state index < -0.39 is 0 Å². The van der Waals surface area contributed by atoms with Crippen LogP contribution in [0.1, 0.15) is 17.0 Å². The minimum atomic E-state index is -0.280. The van der Waals surface area contributed by atoms with Crippen LogP contribution in [0.5, 0.6) is 11.8 Å². The molecule has 0 fully saturated rings. The smallest absolute Gasteiger partial charge is 0.322 e. The van der Waals surface area contributed by atoms with Crippen molar-refractivity contribution in [2.45, 2.75) is 13.8 Å². The zero-order chi connectivity index (χ0) is 20.1. The first kappa shape index (κ1) is 19.9. The predicted molar refractivity (Wildman–Crippen MR) is 112 cm³/mol. The molecule has 1 N–H and O–H groups in total. The maximum absolute atomic E-state index is 12.1. The summed E-state index contributed by atoms with van der Waals surface area (Å²) < 4.78 is 5.65. The fraction of sp³-hybridized carbons (Fsp3) is 0.0952. The number of hydrogen-bond acceptors (Lipinski definition) is 4. The van der Waals surface area contributed by atoms with Gasteiger partial charge < -0.3 is 10.1 Å². The van der Waals surface area contributed by atoms with E-state index in [0.717, 1.165) is 11.4 Å². The van der Waals surface area contributed by atoms with Gasteiger partial charge in [-0.05, 0) is 68.0 Å². The summed E-state index contributed by atoms with van der Waals surface area (Å²) in [6.07, 6.45) is 3.03. The van der Waals surface area contributed by atoms with Crippen molar-refractivity contribution in [3.63, 3.8) is 0 Å². The van der Waals surface area contributed by atoms with Crippen molar-refractivity contribution in [3.8, 4) is 11.8 Å². The summed E-state index contributed by atoms with van der Waals surface area (Å²) in [7, 11) is 0. The molecule has 3 aromatic rings. The molecule has 2 aromatic carbocycles. The van der Waals surface area contributed by atoms with Crippen molar-refractivity contribution in [2.75, 3.05) is 5.32 Å². The topological polar surface area (TPSA) is 64.1 Å². The third-order valence-corrected chi connectivity index (χ3v) is 4.23. The lowest BCUT2D eigenvalue weighted by Crippen LogP contribution is -2.07. The number of aromatic nitrogens is 2. The number of ether oxygens (including phenoxy) is 1. The van der Waals surface area contributed by atoms with Crippen molar-refractivity contribution in [1.29, 1.82) is 0 Å². The van der Waals surface area contributed by atoms with Gasteiger partial charge in [0.1, 0.15) is 5.75 Å². The normalized spacial score (nSPS) is 10.9. The molecule has 0 aliphatic carbocycles. The SMILES string of the molecule is Cc1cc(C)nc(Oc2ccc(NC(=O)/C=C/c3ccc(Cl)cc3Cl)cc2)n1. The van der Waals surface area contributed by atoms with Gasteiger partial charge in [0.25, 0.3) is 0 Å². The number of nitrogens with zero attached hydrogens (tertiary/aromatic N) is 2. The second-order valence-corrected chi connectivity index (χ2v) is 6.89. The Labute approximate surface area is 173 Å². The van der Waals surface area contributed by atoms with E-state index in [1.165, 1.54) is 6.08 Å². The number of benzene rings is 2. The van der Waals surface area contributed by atoms with Crippen LogP contribution in [0.3, 0.4) is 0 Å². The highest BCUT2D eigenvalue weighted by Gasteiger charge is 2.04. The number of nitrogens with one attached hydrogen (secondary N) is 1. The third kappa shape index (κ3) is 5.55. The Morgan fingerprint density at radius 2 is 1.68 bits per heavy atom. The van der Waals surface area contributed by atoms with Gasteiger partial charge in [0.2, 0.25) is 5.91 Å². The highest BCUT2D eigenvalue weighted by Crippen LogP contribution is 2.23. The first-order valence-corrected chi connectivity index (χ1v) is 9.19. The van der Waals surface area contributed by atoms with Crippen LogP contribution in [0.25, 0.3) is 6.08 Å². The van der Waals surface area contributed by atoms with Gasteiger partial charge in [0.15, 0.2) is 0 Å². The molecule has 3 rings (SSSR count). The number of amides is 1. The molecule has 1 amide bonds. The third-order valence-electron chi connectivity index (χ3n) is 3.67. The van der Waals surface area contributed by atoms with Gasteiger partial charge in [0.05, 0.1) is 0 Å². The van der Waals surface area contributed by atoms with Crippen LogP contribution in [-0.2, 0) is 4.79 Å². The molecule has 0 atom stereocenters. The second-order valence-electron chi connectivity index (χ2n) is 6.05. The minimum Gasteiger partial charge on any atom is -0.424 e. The summed E-state index contributed by atoms with van der Waals surface area (Å²) in [6, 6.07) is 14.2. The molecule has 0 unspecified atom stereocenters. The fourth-order valence-corrected chi connectivity index (χ4v) is 2.91. The molecular weight excluding hydrogens is 397 g/mol. The molecule has 0 radical (unpaired) electrons. The van der Waals surface area contributed by atoms with E-state index in [-0.39, 0.29) is 11.9 Å². The van der Waals surface area contributed by atoms with Crippen LogP contribution in [0, 0.1) is 13.8 Å². The Hall–Kier alpha value is -2.89. The maximum atomic E-state index is 12.1. The summed E-state index contributed by atoms with van der Waals surface area (Å²) in [5.41, 5.74) is 3.00. The molecule has 7 heteroatoms. The monoisotopic (exact) mass is 413 g/mol. The first-order chi connectivity index (χ1) is 13.4. The van der Waals surface area contributed by atoms with Gasteiger partial charge in [-0.15, -0.1) is 0 Å². The van der Waals surface area contributed by atoms with Crippen LogP contribution >= 0.6 is 23.2 Å². The number of aryl methyl sites for hydroxylation is 2. The van der Waals surface area contributed by atoms with Crippen LogP contribution in [0.15, 0.2) is 54.6 Å². The van der Waals surface area contributed by atoms with Crippen LogP contribution < -0.4 is 10.1 Å². The summed E-state index contributed by atoms with van der Waals surface area (Å²) in [5, 5.41) is 3.79. The molecule has 0 aliphatic rings. The van der Waals surface area contributed by atoms with Crippen molar-refractivity contribution < 1.29 is 9.53 Å². The van der Waals surface area contributed by atoms with Crippen molar-refractivity contribution in [3.05, 3.63) is 81.6 Å². The average molecular weight is 414 g/mol. The number of anilines is 1. The Morgan fingerprint density at radius 1 is 1.00 bits per heavy atom. The molecule has 0 spiro atoms. The van der Waals surface area contributed by atoms with Crippen molar-refractivity contribution >= 4 is 40.9 Å². The van der Waals surface area contributed by atoms with E-state index in [0.29, 0.717) is 27.0 Å². The highest BCUT2D eigenvalue weighted by molar-refractivity contribution is 6.35. The Morgan fingerprint density at radius 3 is 2.32 bits per heavy atom. The van der Waals surface area contributed by atoms with E-state index in [9.17, 15) is 4.79 Å². The Kier molecular flexibility index (Phi) is 6.29. The van der Waals surface area contributed by atoms with E-state index in [4.69, 9.17) is 27.9 Å². The molecule has 142 valence electrons. The molecule has 0 saturated carbocycles. The van der Waals surface area contributed by atoms with Crippen LogP contribution in [-0.4, -0.2) is 15.9 Å². The summed E-state index contributed by atoms with van der Waals surface area (Å²) >= 11 is 11.9. The summed E-state index contributed by atoms with van der Waals surface area (Å²) in [4.78, 5) is 20.6. The van der Waals surface area contributed by atoms with Gasteiger partial charge in [-0.25, -0.2) is 9.97 Å². The molecule has 28 heavy (non-hydrogen) atoms. The van der Waals surface area contributed by atoms with Crippen LogP contribution in [0.2, 0.25) is 10.0 Å². The quantitative estimate of drug-likeness (QED) is 0.533. The molecule has 5 nitrogen and oxygen atoms in total. The number of carbonyl (C=O) groups is 1. The molecule has 1 heterocycles. The molecule has 0 bridgehead atoms. The maximum Gasteiger partial charge on any atom is 0.322 e. The van der Waals surface area contributed by atoms with Crippen LogP contribution in [0.4, 0.5) is 5.69 Å². The summed E-state index contributed by atoms with van der Waals surface area (Å²) in [5.74, 6) is 0.295. The van der Waals surface area contributed by atoms with Gasteiger partial charge in [-0.1, -0.05) is 29.3 Å². The number of hydrogen-bond donors (Lipinski definition) is 1. The number of halogens is 2. The lowest BCUT2D eigenvalue weighted by atomic mass is 10.2. The first-order valence-electron chi connectivity index (χ1n) is 8.43. The fourth-order valence-electron chi connectivity index (χ4n) is 2.44. The zero-order valence-electron chi connectivity index (χ0n) is 15.2. The van der Waals surface area contributed by atoms with Crippen molar-refractivity contribution in [2.24, 2.45) is 0 Å². The van der Waals surface area contributed by atoms with Gasteiger partial charge >= 0.3 is 6.01 Å². The lowest BCUT2D eigenvalue weighted by Gasteiger charge is -2.07. The predicted octanol–water partition coefficient (Wildman–Crippen LogP) is 5.84. The molecule has 0 saturated heterocycles. The minimum absolute atomic E-state index is 0.280. The summed E-state index contributed by atoms with van der Waals surface area (Å²) in [6.45, 7) is 3.76.